The highest BCUT2D eigenvalue weighted by Crippen LogP contribution is 2.35. The lowest BCUT2D eigenvalue weighted by Crippen LogP contribution is -2.42. The molecule has 0 bridgehead atoms. The van der Waals surface area contributed by atoms with E-state index in [1.165, 1.54) is 11.1 Å². The highest BCUT2D eigenvalue weighted by Gasteiger charge is 2.32. The molecule has 1 saturated heterocycles. The summed E-state index contributed by atoms with van der Waals surface area (Å²) in [6.45, 7) is 0.594. The van der Waals surface area contributed by atoms with Gasteiger partial charge in [-0.25, -0.2) is 0 Å². The minimum absolute atomic E-state index is 0.00736. The number of fused-ring (bicyclic) bond motifs is 1. The molecule has 3 rings (SSSR count). The third kappa shape index (κ3) is 1.94. The Balaban J connectivity index is 1.89. The Morgan fingerprint density at radius 2 is 1.94 bits per heavy atom. The zero-order valence-corrected chi connectivity index (χ0v) is 10.4. The Hall–Kier alpha value is -1.64. The minimum Gasteiger partial charge on any atom is -0.335 e. The SMILES string of the molecule is O=C1CCN(C2CCCc3ccccc32)C(=O)C1. The standard InChI is InChI=1S/C15H17NO2/c17-12-8-9-16(15(18)10-12)14-7-3-5-11-4-1-2-6-13(11)14/h1-2,4,6,14H,3,5,7-10H2. The van der Waals surface area contributed by atoms with Crippen LogP contribution in [0.25, 0.3) is 0 Å². The Bertz CT molecular complexity index is 495. The summed E-state index contributed by atoms with van der Waals surface area (Å²) in [6.07, 6.45) is 3.87. The largest absolute Gasteiger partial charge is 0.335 e. The van der Waals surface area contributed by atoms with Crippen molar-refractivity contribution in [1.82, 2.24) is 4.90 Å². The number of hydrogen-bond donors (Lipinski definition) is 0. The molecule has 3 heteroatoms. The van der Waals surface area contributed by atoms with Gasteiger partial charge in [-0.2, -0.15) is 0 Å². The Morgan fingerprint density at radius 3 is 2.78 bits per heavy atom. The Morgan fingerprint density at radius 1 is 1.11 bits per heavy atom. The van der Waals surface area contributed by atoms with Crippen LogP contribution < -0.4 is 0 Å². The van der Waals surface area contributed by atoms with Crippen LogP contribution in [-0.2, 0) is 16.0 Å². The van der Waals surface area contributed by atoms with Crippen LogP contribution in [0.2, 0.25) is 0 Å². The molecule has 1 fully saturated rings. The van der Waals surface area contributed by atoms with Gasteiger partial charge < -0.3 is 4.90 Å². The van der Waals surface area contributed by atoms with E-state index in [2.05, 4.69) is 18.2 Å². The molecule has 1 atom stereocenters. The second-order valence-electron chi connectivity index (χ2n) is 5.16. The zero-order valence-electron chi connectivity index (χ0n) is 10.4. The minimum atomic E-state index is 0.00736. The van der Waals surface area contributed by atoms with Gasteiger partial charge in [0.15, 0.2) is 0 Å². The number of rotatable bonds is 1. The van der Waals surface area contributed by atoms with Crippen molar-refractivity contribution in [2.24, 2.45) is 0 Å². The Kier molecular flexibility index (Phi) is 2.90. The van der Waals surface area contributed by atoms with Gasteiger partial charge in [-0.05, 0) is 30.4 Å². The summed E-state index contributed by atoms with van der Waals surface area (Å²) in [4.78, 5) is 25.2. The summed E-state index contributed by atoms with van der Waals surface area (Å²) in [6, 6.07) is 8.57. The maximum absolute atomic E-state index is 12.0. The van der Waals surface area contributed by atoms with E-state index in [-0.39, 0.29) is 24.2 Å². The molecule has 1 aliphatic carbocycles. The van der Waals surface area contributed by atoms with E-state index < -0.39 is 0 Å². The van der Waals surface area contributed by atoms with Crippen molar-refractivity contribution < 1.29 is 9.59 Å². The van der Waals surface area contributed by atoms with E-state index in [0.29, 0.717) is 13.0 Å². The van der Waals surface area contributed by atoms with Crippen molar-refractivity contribution in [2.45, 2.75) is 38.1 Å². The number of amides is 1. The van der Waals surface area contributed by atoms with Crippen LogP contribution in [0.5, 0.6) is 0 Å². The monoisotopic (exact) mass is 243 g/mol. The molecular formula is C15H17NO2. The number of carbonyl (C=O) groups is 2. The Labute approximate surface area is 107 Å². The fraction of sp³-hybridized carbons (Fsp3) is 0.467. The second-order valence-corrected chi connectivity index (χ2v) is 5.16. The number of nitrogens with zero attached hydrogens (tertiary/aromatic N) is 1. The number of hydrogen-bond acceptors (Lipinski definition) is 2. The van der Waals surface area contributed by atoms with Crippen molar-refractivity contribution in [1.29, 1.82) is 0 Å². The molecule has 94 valence electrons. The van der Waals surface area contributed by atoms with E-state index in [9.17, 15) is 9.59 Å². The van der Waals surface area contributed by atoms with Crippen LogP contribution in [0.15, 0.2) is 24.3 Å². The molecule has 1 aromatic carbocycles. The molecule has 18 heavy (non-hydrogen) atoms. The lowest BCUT2D eigenvalue weighted by atomic mass is 9.86. The first-order valence-corrected chi connectivity index (χ1v) is 6.64. The lowest BCUT2D eigenvalue weighted by molar-refractivity contribution is -0.141. The van der Waals surface area contributed by atoms with Gasteiger partial charge in [0.05, 0.1) is 12.5 Å². The van der Waals surface area contributed by atoms with Gasteiger partial charge >= 0.3 is 0 Å². The fourth-order valence-corrected chi connectivity index (χ4v) is 3.11. The van der Waals surface area contributed by atoms with Crippen molar-refractivity contribution in [3.63, 3.8) is 0 Å². The third-order valence-electron chi connectivity index (χ3n) is 4.01. The summed E-state index contributed by atoms with van der Waals surface area (Å²) in [7, 11) is 0. The van der Waals surface area contributed by atoms with Crippen molar-refractivity contribution in [3.8, 4) is 0 Å². The highest BCUT2D eigenvalue weighted by molar-refractivity contribution is 6.00. The maximum atomic E-state index is 12.0. The summed E-state index contributed by atoms with van der Waals surface area (Å²) in [5.74, 6) is 0.0910. The molecule has 1 unspecified atom stereocenters. The summed E-state index contributed by atoms with van der Waals surface area (Å²) >= 11 is 0. The molecule has 0 spiro atoms. The molecule has 1 amide bonds. The van der Waals surface area contributed by atoms with Gasteiger partial charge in [0, 0.05) is 13.0 Å². The van der Waals surface area contributed by atoms with Crippen molar-refractivity contribution >= 4 is 11.7 Å². The summed E-state index contributed by atoms with van der Waals surface area (Å²) in [5, 5.41) is 0. The first-order valence-electron chi connectivity index (χ1n) is 6.64. The average Bonchev–Trinajstić information content (AvgIpc) is 2.38. The number of likely N-dealkylation sites (tertiary alicyclic amines) is 1. The number of ketones is 1. The van der Waals surface area contributed by atoms with Crippen molar-refractivity contribution in [2.75, 3.05) is 6.54 Å². The number of carbonyl (C=O) groups excluding carboxylic acids is 2. The normalized spacial score (nSPS) is 24.0. The number of Topliss-reactive ketones (excluding diaryl/α,β-unsaturated/α-hetero) is 1. The second kappa shape index (κ2) is 4.56. The molecule has 0 N–H and O–H groups in total. The van der Waals surface area contributed by atoms with Gasteiger partial charge in [0.1, 0.15) is 5.78 Å². The zero-order chi connectivity index (χ0) is 12.5. The lowest BCUT2D eigenvalue weighted by Gasteiger charge is -2.37. The predicted octanol–water partition coefficient (Wildman–Crippen LogP) is 2.26. The number of aryl methyl sites for hydroxylation is 1. The number of piperidine rings is 1. The summed E-state index contributed by atoms with van der Waals surface area (Å²) < 4.78 is 0. The van der Waals surface area contributed by atoms with E-state index in [0.717, 1.165) is 19.3 Å². The molecule has 1 aliphatic heterocycles. The van der Waals surface area contributed by atoms with Crippen LogP contribution >= 0.6 is 0 Å². The molecule has 0 saturated carbocycles. The molecule has 1 aromatic rings. The van der Waals surface area contributed by atoms with E-state index in [1.807, 2.05) is 11.0 Å². The third-order valence-corrected chi connectivity index (χ3v) is 4.01. The molecule has 1 heterocycles. The topological polar surface area (TPSA) is 37.4 Å². The molecular weight excluding hydrogens is 226 g/mol. The van der Waals surface area contributed by atoms with Crippen LogP contribution in [0.3, 0.4) is 0 Å². The highest BCUT2D eigenvalue weighted by atomic mass is 16.2. The molecule has 2 aliphatic rings. The molecule has 0 aromatic heterocycles. The van der Waals surface area contributed by atoms with Gasteiger partial charge in [-0.3, -0.25) is 9.59 Å². The first kappa shape index (κ1) is 11.5. The van der Waals surface area contributed by atoms with Crippen LogP contribution in [0.1, 0.15) is 42.9 Å². The van der Waals surface area contributed by atoms with Crippen LogP contribution in [0, 0.1) is 0 Å². The van der Waals surface area contributed by atoms with Crippen molar-refractivity contribution in [3.05, 3.63) is 35.4 Å². The van der Waals surface area contributed by atoms with Crippen LogP contribution in [0.4, 0.5) is 0 Å². The smallest absolute Gasteiger partial charge is 0.230 e. The molecule has 3 nitrogen and oxygen atoms in total. The molecule has 0 radical (unpaired) electrons. The van der Waals surface area contributed by atoms with Gasteiger partial charge in [-0.1, -0.05) is 24.3 Å². The van der Waals surface area contributed by atoms with Crippen LogP contribution in [-0.4, -0.2) is 23.1 Å². The van der Waals surface area contributed by atoms with E-state index in [1.54, 1.807) is 0 Å². The quantitative estimate of drug-likeness (QED) is 0.709. The van der Waals surface area contributed by atoms with Gasteiger partial charge in [0.25, 0.3) is 0 Å². The number of benzene rings is 1. The van der Waals surface area contributed by atoms with E-state index >= 15 is 0 Å². The summed E-state index contributed by atoms with van der Waals surface area (Å²) in [5.41, 5.74) is 2.64. The predicted molar refractivity (Wildman–Crippen MR) is 68.1 cm³/mol. The van der Waals surface area contributed by atoms with E-state index in [4.69, 9.17) is 0 Å². The first-order chi connectivity index (χ1) is 8.75. The maximum Gasteiger partial charge on any atom is 0.230 e. The average molecular weight is 243 g/mol. The van der Waals surface area contributed by atoms with Gasteiger partial charge in [0.2, 0.25) is 5.91 Å². The van der Waals surface area contributed by atoms with Gasteiger partial charge in [-0.15, -0.1) is 0 Å². The fourth-order valence-electron chi connectivity index (χ4n) is 3.11.